The number of nitrogens with zero attached hydrogens (tertiary/aromatic N) is 1. The molecule has 0 amide bonds. The Balaban J connectivity index is 2.70. The van der Waals surface area contributed by atoms with E-state index in [9.17, 15) is 14.7 Å². The van der Waals surface area contributed by atoms with Crippen LogP contribution < -0.4 is 0 Å². The molecule has 0 aliphatic carbocycles. The molecule has 0 saturated heterocycles. The molecule has 17 heavy (non-hydrogen) atoms. The minimum Gasteiger partial charge on any atom is -0.508 e. The van der Waals surface area contributed by atoms with Gasteiger partial charge in [-0.15, -0.1) is 0 Å². The molecule has 2 rings (SSSR count). The molecule has 88 valence electrons. The van der Waals surface area contributed by atoms with Crippen LogP contribution in [0, 0.1) is 0 Å². The van der Waals surface area contributed by atoms with E-state index in [4.69, 9.17) is 5.11 Å². The van der Waals surface area contributed by atoms with Crippen LogP contribution in [0.4, 0.5) is 0 Å². The lowest BCUT2D eigenvalue weighted by atomic mass is 10.1. The maximum atomic E-state index is 11.4. The molecule has 5 heteroatoms. The maximum Gasteiger partial charge on any atom is 0.323 e. The van der Waals surface area contributed by atoms with E-state index in [1.54, 1.807) is 6.07 Å². The molecular formula is C12H11NO4. The lowest BCUT2D eigenvalue weighted by Crippen LogP contribution is -2.07. The fourth-order valence-electron chi connectivity index (χ4n) is 1.84. The van der Waals surface area contributed by atoms with Crippen molar-refractivity contribution >= 4 is 22.7 Å². The highest BCUT2D eigenvalue weighted by Gasteiger charge is 2.13. The summed E-state index contributed by atoms with van der Waals surface area (Å²) in [5, 5.41) is 18.7. The second kappa shape index (κ2) is 3.93. The molecular weight excluding hydrogens is 222 g/mol. The molecule has 0 spiro atoms. The van der Waals surface area contributed by atoms with Crippen molar-refractivity contribution in [1.82, 2.24) is 4.57 Å². The van der Waals surface area contributed by atoms with Gasteiger partial charge < -0.3 is 14.8 Å². The van der Waals surface area contributed by atoms with Gasteiger partial charge in [0.1, 0.15) is 12.3 Å². The number of hydrogen-bond donors (Lipinski definition) is 2. The molecule has 0 aliphatic rings. The molecule has 1 heterocycles. The molecule has 0 saturated carbocycles. The second-order valence-electron chi connectivity index (χ2n) is 3.82. The fraction of sp³-hybridized carbons (Fsp3) is 0.167. The summed E-state index contributed by atoms with van der Waals surface area (Å²) in [5.41, 5.74) is 1.03. The van der Waals surface area contributed by atoms with Crippen LogP contribution in [0.5, 0.6) is 5.75 Å². The molecule has 0 unspecified atom stereocenters. The van der Waals surface area contributed by atoms with Gasteiger partial charge in [0, 0.05) is 22.7 Å². The van der Waals surface area contributed by atoms with Crippen LogP contribution >= 0.6 is 0 Å². The third kappa shape index (κ3) is 1.99. The summed E-state index contributed by atoms with van der Waals surface area (Å²) < 4.78 is 1.48. The normalized spacial score (nSPS) is 10.6. The first kappa shape index (κ1) is 11.2. The van der Waals surface area contributed by atoms with Crippen LogP contribution in [0.1, 0.15) is 17.3 Å². The average Bonchev–Trinajstić information content (AvgIpc) is 2.55. The van der Waals surface area contributed by atoms with Gasteiger partial charge in [-0.25, -0.2) is 0 Å². The summed E-state index contributed by atoms with van der Waals surface area (Å²) in [5.74, 6) is -1.09. The SMILES string of the molecule is CC(=O)c1cn(CC(=O)O)c2ccc(O)cc12. The van der Waals surface area contributed by atoms with E-state index >= 15 is 0 Å². The number of carbonyl (C=O) groups excluding carboxylic acids is 1. The fourth-order valence-corrected chi connectivity index (χ4v) is 1.84. The van der Waals surface area contributed by atoms with Gasteiger partial charge in [-0.3, -0.25) is 9.59 Å². The zero-order chi connectivity index (χ0) is 12.6. The summed E-state index contributed by atoms with van der Waals surface area (Å²) >= 11 is 0. The van der Waals surface area contributed by atoms with Gasteiger partial charge >= 0.3 is 5.97 Å². The number of aromatic nitrogens is 1. The van der Waals surface area contributed by atoms with E-state index in [1.165, 1.54) is 29.8 Å². The van der Waals surface area contributed by atoms with E-state index < -0.39 is 5.97 Å². The Morgan fingerprint density at radius 1 is 1.35 bits per heavy atom. The van der Waals surface area contributed by atoms with Crippen molar-refractivity contribution in [2.24, 2.45) is 0 Å². The maximum absolute atomic E-state index is 11.4. The van der Waals surface area contributed by atoms with Crippen molar-refractivity contribution in [1.29, 1.82) is 0 Å². The number of fused-ring (bicyclic) bond motifs is 1. The first-order valence-electron chi connectivity index (χ1n) is 5.03. The Bertz CT molecular complexity index is 612. The van der Waals surface area contributed by atoms with Gasteiger partial charge in [-0.2, -0.15) is 0 Å². The number of hydrogen-bond acceptors (Lipinski definition) is 3. The monoisotopic (exact) mass is 233 g/mol. The van der Waals surface area contributed by atoms with Gasteiger partial charge in [-0.1, -0.05) is 0 Å². The highest BCUT2D eigenvalue weighted by Crippen LogP contribution is 2.25. The highest BCUT2D eigenvalue weighted by atomic mass is 16.4. The van der Waals surface area contributed by atoms with Crippen molar-refractivity contribution in [3.05, 3.63) is 30.0 Å². The molecule has 5 nitrogen and oxygen atoms in total. The molecule has 0 fully saturated rings. The topological polar surface area (TPSA) is 79.5 Å². The number of ketones is 1. The van der Waals surface area contributed by atoms with E-state index in [-0.39, 0.29) is 18.1 Å². The van der Waals surface area contributed by atoms with E-state index in [0.717, 1.165) is 0 Å². The summed E-state index contributed by atoms with van der Waals surface area (Å²) in [6.07, 6.45) is 1.50. The lowest BCUT2D eigenvalue weighted by molar-refractivity contribution is -0.137. The molecule has 1 aromatic carbocycles. The van der Waals surface area contributed by atoms with Gasteiger partial charge in [0.25, 0.3) is 0 Å². The quantitative estimate of drug-likeness (QED) is 0.790. The van der Waals surface area contributed by atoms with Gasteiger partial charge in [0.2, 0.25) is 0 Å². The molecule has 2 N–H and O–H groups in total. The number of phenols is 1. The van der Waals surface area contributed by atoms with Crippen molar-refractivity contribution in [2.45, 2.75) is 13.5 Å². The minimum absolute atomic E-state index is 0.0491. The number of Topliss-reactive ketones (excluding diaryl/α,β-unsaturated/α-hetero) is 1. The van der Waals surface area contributed by atoms with Crippen LogP contribution in [-0.2, 0) is 11.3 Å². The summed E-state index contributed by atoms with van der Waals surface area (Å²) in [7, 11) is 0. The van der Waals surface area contributed by atoms with Gasteiger partial charge in [0.05, 0.1) is 0 Å². The molecule has 0 aliphatic heterocycles. The Morgan fingerprint density at radius 2 is 2.06 bits per heavy atom. The van der Waals surface area contributed by atoms with Crippen molar-refractivity contribution < 1.29 is 19.8 Å². The zero-order valence-corrected chi connectivity index (χ0v) is 9.17. The Kier molecular flexibility index (Phi) is 2.59. The van der Waals surface area contributed by atoms with Crippen LogP contribution in [-0.4, -0.2) is 26.5 Å². The minimum atomic E-state index is -0.981. The number of carbonyl (C=O) groups is 2. The summed E-state index contributed by atoms with van der Waals surface area (Å²) in [6.45, 7) is 1.19. The number of phenolic OH excluding ortho intramolecular Hbond substituents is 1. The van der Waals surface area contributed by atoms with E-state index in [2.05, 4.69) is 0 Å². The number of aliphatic carboxylic acids is 1. The Hall–Kier alpha value is -2.30. The number of carboxylic acids is 1. The second-order valence-corrected chi connectivity index (χ2v) is 3.82. The lowest BCUT2D eigenvalue weighted by Gasteiger charge is -2.00. The first-order chi connectivity index (χ1) is 7.99. The van der Waals surface area contributed by atoms with Crippen molar-refractivity contribution in [3.63, 3.8) is 0 Å². The van der Waals surface area contributed by atoms with Crippen LogP contribution in [0.15, 0.2) is 24.4 Å². The first-order valence-corrected chi connectivity index (χ1v) is 5.03. The summed E-state index contributed by atoms with van der Waals surface area (Å²) in [4.78, 5) is 22.1. The third-order valence-electron chi connectivity index (χ3n) is 2.55. The standard InChI is InChI=1S/C12H11NO4/c1-7(14)10-5-13(6-12(16)17)11-3-2-8(15)4-9(10)11/h2-5,15H,6H2,1H3,(H,16,17). The molecule has 2 aromatic rings. The van der Waals surface area contributed by atoms with Gasteiger partial charge in [-0.05, 0) is 25.1 Å². The van der Waals surface area contributed by atoms with Crippen LogP contribution in [0.2, 0.25) is 0 Å². The predicted molar refractivity (Wildman–Crippen MR) is 61.2 cm³/mol. The largest absolute Gasteiger partial charge is 0.508 e. The number of carboxylic acid groups (broad SMARTS) is 1. The smallest absolute Gasteiger partial charge is 0.323 e. The zero-order valence-electron chi connectivity index (χ0n) is 9.17. The molecule has 0 bridgehead atoms. The van der Waals surface area contributed by atoms with E-state index in [1.807, 2.05) is 0 Å². The summed E-state index contributed by atoms with van der Waals surface area (Å²) in [6, 6.07) is 4.52. The molecule has 0 atom stereocenters. The predicted octanol–water partition coefficient (Wildman–Crippen LogP) is 1.63. The number of rotatable bonds is 3. The van der Waals surface area contributed by atoms with Crippen LogP contribution in [0.25, 0.3) is 10.9 Å². The third-order valence-corrected chi connectivity index (χ3v) is 2.55. The average molecular weight is 233 g/mol. The Labute approximate surface area is 96.9 Å². The number of benzene rings is 1. The van der Waals surface area contributed by atoms with Crippen molar-refractivity contribution in [2.75, 3.05) is 0 Å². The highest BCUT2D eigenvalue weighted by molar-refractivity contribution is 6.07. The van der Waals surface area contributed by atoms with Gasteiger partial charge in [0.15, 0.2) is 5.78 Å². The molecule has 0 radical (unpaired) electrons. The van der Waals surface area contributed by atoms with Crippen molar-refractivity contribution in [3.8, 4) is 5.75 Å². The van der Waals surface area contributed by atoms with Crippen LogP contribution in [0.3, 0.4) is 0 Å². The van der Waals surface area contributed by atoms with E-state index in [0.29, 0.717) is 16.5 Å². The molecule has 1 aromatic heterocycles. The number of aromatic hydroxyl groups is 1. The Morgan fingerprint density at radius 3 is 2.65 bits per heavy atom.